The monoisotopic (exact) mass is 282 g/mol. The van der Waals surface area contributed by atoms with E-state index in [9.17, 15) is 9.59 Å². The molecular formula is C13H18N2O3S. The van der Waals surface area contributed by atoms with E-state index in [2.05, 4.69) is 22.5 Å². The topological polar surface area (TPSA) is 67.4 Å². The maximum atomic E-state index is 11.9. The van der Waals surface area contributed by atoms with Gasteiger partial charge in [0.25, 0.3) is 11.8 Å². The van der Waals surface area contributed by atoms with E-state index in [0.29, 0.717) is 10.8 Å². The second-order valence-corrected chi connectivity index (χ2v) is 5.98. The molecule has 2 amide bonds. The molecule has 2 rings (SSSR count). The van der Waals surface area contributed by atoms with Crippen LogP contribution in [0.4, 0.5) is 0 Å². The number of carbonyl (C=O) groups is 2. The molecule has 5 nitrogen and oxygen atoms in total. The van der Waals surface area contributed by atoms with Crippen LogP contribution in [0.5, 0.6) is 0 Å². The third kappa shape index (κ3) is 3.54. The van der Waals surface area contributed by atoms with Crippen LogP contribution in [-0.4, -0.2) is 25.5 Å². The summed E-state index contributed by atoms with van der Waals surface area (Å²) < 4.78 is 4.66. The van der Waals surface area contributed by atoms with Gasteiger partial charge in [0.05, 0.1) is 4.88 Å². The van der Waals surface area contributed by atoms with E-state index in [1.165, 1.54) is 35.3 Å². The number of hydrazine groups is 1. The highest BCUT2D eigenvalue weighted by Gasteiger charge is 2.20. The lowest BCUT2D eigenvalue weighted by Gasteiger charge is -2.16. The molecule has 1 aromatic heterocycles. The fourth-order valence-electron chi connectivity index (χ4n) is 2.17. The average molecular weight is 282 g/mol. The standard InChI is InChI=1S/C13H18N2O3S/c1-8-3-4-10-9(5-8)6-11(19-10)13(17)15-14-12(16)7-18-2/h6,8H,3-5,7H2,1-2H3,(H,14,16)(H,15,17)/t8-/m0/s1. The number of ether oxygens (including phenoxy) is 1. The van der Waals surface area contributed by atoms with E-state index in [4.69, 9.17) is 0 Å². The van der Waals surface area contributed by atoms with Crippen molar-refractivity contribution in [3.63, 3.8) is 0 Å². The van der Waals surface area contributed by atoms with Crippen LogP contribution in [0, 0.1) is 5.92 Å². The molecule has 0 spiro atoms. The molecule has 0 unspecified atom stereocenters. The van der Waals surface area contributed by atoms with E-state index in [-0.39, 0.29) is 18.4 Å². The molecule has 1 atom stereocenters. The number of thiophene rings is 1. The number of hydrogen-bond donors (Lipinski definition) is 2. The van der Waals surface area contributed by atoms with E-state index < -0.39 is 0 Å². The molecular weight excluding hydrogens is 264 g/mol. The van der Waals surface area contributed by atoms with Crippen LogP contribution in [0.15, 0.2) is 6.07 Å². The predicted octanol–water partition coefficient (Wildman–Crippen LogP) is 1.28. The average Bonchev–Trinajstić information content (AvgIpc) is 2.79. The summed E-state index contributed by atoms with van der Waals surface area (Å²) >= 11 is 1.52. The molecule has 1 aliphatic rings. The number of methoxy groups -OCH3 is 1. The smallest absolute Gasteiger partial charge is 0.279 e. The Morgan fingerprint density at radius 2 is 2.26 bits per heavy atom. The lowest BCUT2D eigenvalue weighted by molar-refractivity contribution is -0.125. The van der Waals surface area contributed by atoms with Gasteiger partial charge in [-0.3, -0.25) is 20.4 Å². The Morgan fingerprint density at radius 3 is 3.00 bits per heavy atom. The zero-order valence-corrected chi connectivity index (χ0v) is 11.9. The van der Waals surface area contributed by atoms with E-state index in [1.807, 2.05) is 6.07 Å². The van der Waals surface area contributed by atoms with Gasteiger partial charge in [-0.15, -0.1) is 11.3 Å². The van der Waals surface area contributed by atoms with Crippen molar-refractivity contribution < 1.29 is 14.3 Å². The number of amides is 2. The summed E-state index contributed by atoms with van der Waals surface area (Å²) in [6.07, 6.45) is 3.26. The van der Waals surface area contributed by atoms with Gasteiger partial charge in [0.15, 0.2) is 0 Å². The SMILES string of the molecule is COCC(=O)NNC(=O)c1cc2c(s1)CC[C@H](C)C2. The number of rotatable bonds is 3. The molecule has 1 aromatic rings. The second-order valence-electron chi connectivity index (χ2n) is 4.84. The van der Waals surface area contributed by atoms with Crippen molar-refractivity contribution in [2.75, 3.05) is 13.7 Å². The zero-order valence-electron chi connectivity index (χ0n) is 11.1. The minimum Gasteiger partial charge on any atom is -0.375 e. The Balaban J connectivity index is 1.95. The predicted molar refractivity (Wildman–Crippen MR) is 73.0 cm³/mol. The fraction of sp³-hybridized carbons (Fsp3) is 0.538. The number of hydrogen-bond acceptors (Lipinski definition) is 4. The first-order valence-electron chi connectivity index (χ1n) is 6.30. The van der Waals surface area contributed by atoms with Gasteiger partial charge >= 0.3 is 0 Å². The van der Waals surface area contributed by atoms with E-state index >= 15 is 0 Å². The minimum atomic E-state index is -0.370. The number of aryl methyl sites for hydroxylation is 1. The maximum Gasteiger partial charge on any atom is 0.279 e. The Bertz CT molecular complexity index is 484. The quantitative estimate of drug-likeness (QED) is 0.821. The highest BCUT2D eigenvalue weighted by atomic mass is 32.1. The van der Waals surface area contributed by atoms with Crippen molar-refractivity contribution >= 4 is 23.2 Å². The molecule has 0 aromatic carbocycles. The van der Waals surface area contributed by atoms with Crippen LogP contribution >= 0.6 is 11.3 Å². The minimum absolute atomic E-state index is 0.0707. The van der Waals surface area contributed by atoms with Crippen LogP contribution < -0.4 is 10.9 Å². The summed E-state index contributed by atoms with van der Waals surface area (Å²) in [5.41, 5.74) is 5.99. The Morgan fingerprint density at radius 1 is 1.47 bits per heavy atom. The molecule has 0 aliphatic heterocycles. The summed E-state index contributed by atoms with van der Waals surface area (Å²) in [7, 11) is 1.43. The molecule has 0 fully saturated rings. The summed E-state index contributed by atoms with van der Waals surface area (Å²) in [5, 5.41) is 0. The normalized spacial score (nSPS) is 17.7. The van der Waals surface area contributed by atoms with Gasteiger partial charge in [0.2, 0.25) is 0 Å². The van der Waals surface area contributed by atoms with Crippen LogP contribution in [0.25, 0.3) is 0 Å². The van der Waals surface area contributed by atoms with Gasteiger partial charge in [-0.1, -0.05) is 6.92 Å². The van der Waals surface area contributed by atoms with Crippen molar-refractivity contribution in [2.45, 2.75) is 26.2 Å². The molecule has 2 N–H and O–H groups in total. The molecule has 0 radical (unpaired) electrons. The third-order valence-electron chi connectivity index (χ3n) is 3.14. The third-order valence-corrected chi connectivity index (χ3v) is 4.38. The van der Waals surface area contributed by atoms with Gasteiger partial charge in [0.1, 0.15) is 6.61 Å². The van der Waals surface area contributed by atoms with Gasteiger partial charge in [0, 0.05) is 12.0 Å². The van der Waals surface area contributed by atoms with Crippen molar-refractivity contribution in [1.29, 1.82) is 0 Å². The van der Waals surface area contributed by atoms with E-state index in [1.54, 1.807) is 0 Å². The number of carbonyl (C=O) groups excluding carboxylic acids is 2. The van der Waals surface area contributed by atoms with Crippen LogP contribution in [0.1, 0.15) is 33.5 Å². The first kappa shape index (κ1) is 14.0. The van der Waals surface area contributed by atoms with Crippen molar-refractivity contribution in [3.8, 4) is 0 Å². The summed E-state index contributed by atoms with van der Waals surface area (Å²) in [6, 6.07) is 1.94. The molecule has 104 valence electrons. The van der Waals surface area contributed by atoms with Gasteiger partial charge in [-0.2, -0.15) is 0 Å². The second kappa shape index (κ2) is 6.16. The van der Waals surface area contributed by atoms with Crippen molar-refractivity contribution in [1.82, 2.24) is 10.9 Å². The van der Waals surface area contributed by atoms with Gasteiger partial charge < -0.3 is 4.74 Å². The summed E-state index contributed by atoms with van der Waals surface area (Å²) in [5.74, 6) is 0.0433. The first-order chi connectivity index (χ1) is 9.10. The molecule has 6 heteroatoms. The number of nitrogens with one attached hydrogen (secondary N) is 2. The van der Waals surface area contributed by atoms with Crippen molar-refractivity contribution in [3.05, 3.63) is 21.4 Å². The van der Waals surface area contributed by atoms with E-state index in [0.717, 1.165) is 12.8 Å². The Labute approximate surface area is 116 Å². The van der Waals surface area contributed by atoms with Crippen LogP contribution in [0.2, 0.25) is 0 Å². The lowest BCUT2D eigenvalue weighted by Crippen LogP contribution is -2.42. The number of fused-ring (bicyclic) bond motifs is 1. The molecule has 1 aliphatic carbocycles. The maximum absolute atomic E-state index is 11.9. The van der Waals surface area contributed by atoms with Crippen LogP contribution in [-0.2, 0) is 22.4 Å². The Kier molecular flexibility index (Phi) is 4.55. The largest absolute Gasteiger partial charge is 0.375 e. The Hall–Kier alpha value is -1.40. The highest BCUT2D eigenvalue weighted by Crippen LogP contribution is 2.31. The van der Waals surface area contributed by atoms with Gasteiger partial charge in [-0.05, 0) is 36.8 Å². The zero-order chi connectivity index (χ0) is 13.8. The summed E-state index contributed by atoms with van der Waals surface area (Å²) in [4.78, 5) is 25.0. The van der Waals surface area contributed by atoms with Gasteiger partial charge in [-0.25, -0.2) is 0 Å². The first-order valence-corrected chi connectivity index (χ1v) is 7.11. The van der Waals surface area contributed by atoms with Crippen molar-refractivity contribution in [2.24, 2.45) is 5.92 Å². The molecule has 0 bridgehead atoms. The molecule has 19 heavy (non-hydrogen) atoms. The van der Waals surface area contributed by atoms with Crippen LogP contribution in [0.3, 0.4) is 0 Å². The molecule has 0 saturated heterocycles. The summed E-state index contributed by atoms with van der Waals surface area (Å²) in [6.45, 7) is 2.16. The highest BCUT2D eigenvalue weighted by molar-refractivity contribution is 7.14. The fourth-order valence-corrected chi connectivity index (χ4v) is 3.28. The molecule has 0 saturated carbocycles. The lowest BCUT2D eigenvalue weighted by atomic mass is 9.90. The molecule has 1 heterocycles.